The lowest BCUT2D eigenvalue weighted by atomic mass is 10.1. The van der Waals surface area contributed by atoms with Crippen LogP contribution in [-0.4, -0.2) is 17.5 Å². The zero-order chi connectivity index (χ0) is 18.7. The van der Waals surface area contributed by atoms with Gasteiger partial charge in [0, 0.05) is 5.69 Å². The predicted octanol–water partition coefficient (Wildman–Crippen LogP) is 5.36. The van der Waals surface area contributed by atoms with E-state index in [1.807, 2.05) is 45.9 Å². The van der Waals surface area contributed by atoms with Crippen molar-refractivity contribution in [3.63, 3.8) is 0 Å². The zero-order valence-electron chi connectivity index (χ0n) is 15.7. The van der Waals surface area contributed by atoms with Crippen LogP contribution in [0.2, 0.25) is 0 Å². The number of carbonyl (C=O) groups is 1. The molecule has 1 heterocycles. The third-order valence-electron chi connectivity index (χ3n) is 3.95. The van der Waals surface area contributed by atoms with Crippen molar-refractivity contribution in [3.05, 3.63) is 50.8 Å². The molecule has 0 spiro atoms. The summed E-state index contributed by atoms with van der Waals surface area (Å²) in [7, 11) is 0. The second kappa shape index (κ2) is 8.00. The maximum atomic E-state index is 13.0. The van der Waals surface area contributed by atoms with Gasteiger partial charge in [0.25, 0.3) is 5.91 Å². The minimum atomic E-state index is -0.207. The molecular formula is C20H25BrN2O2. The van der Waals surface area contributed by atoms with E-state index in [0.717, 1.165) is 27.0 Å². The molecule has 0 saturated carbocycles. The van der Waals surface area contributed by atoms with Crippen LogP contribution >= 0.6 is 15.9 Å². The van der Waals surface area contributed by atoms with Crippen LogP contribution in [0.15, 0.2) is 22.7 Å². The average molecular weight is 405 g/mol. The third kappa shape index (κ3) is 4.40. The van der Waals surface area contributed by atoms with Crippen LogP contribution in [0.5, 0.6) is 5.75 Å². The van der Waals surface area contributed by atoms with E-state index in [1.165, 1.54) is 0 Å². The van der Waals surface area contributed by atoms with Crippen molar-refractivity contribution in [2.24, 2.45) is 5.92 Å². The number of pyridine rings is 1. The second-order valence-corrected chi connectivity index (χ2v) is 7.52. The molecule has 4 nitrogen and oxygen atoms in total. The summed E-state index contributed by atoms with van der Waals surface area (Å²) in [5.74, 6) is 0.708. The van der Waals surface area contributed by atoms with Gasteiger partial charge in [0.05, 0.1) is 22.5 Å². The van der Waals surface area contributed by atoms with Crippen LogP contribution in [0.25, 0.3) is 0 Å². The molecule has 1 aromatic heterocycles. The number of nitrogens with one attached hydrogen (secondary N) is 1. The summed E-state index contributed by atoms with van der Waals surface area (Å²) in [6.45, 7) is 12.4. The molecule has 2 aromatic rings. The van der Waals surface area contributed by atoms with Gasteiger partial charge in [-0.25, -0.2) is 0 Å². The fourth-order valence-corrected chi connectivity index (χ4v) is 3.04. The summed E-state index contributed by atoms with van der Waals surface area (Å²) in [6.07, 6.45) is 0. The van der Waals surface area contributed by atoms with Crippen LogP contribution < -0.4 is 10.1 Å². The lowest BCUT2D eigenvalue weighted by molar-refractivity contribution is 0.102. The van der Waals surface area contributed by atoms with Gasteiger partial charge in [-0.05, 0) is 60.7 Å². The minimum Gasteiger partial charge on any atom is -0.491 e. The highest BCUT2D eigenvalue weighted by atomic mass is 79.9. The first-order valence-electron chi connectivity index (χ1n) is 8.39. The number of hydrogen-bond donors (Lipinski definition) is 1. The number of amides is 1. The first-order chi connectivity index (χ1) is 11.7. The lowest BCUT2D eigenvalue weighted by Gasteiger charge is -2.18. The van der Waals surface area contributed by atoms with Crippen molar-refractivity contribution in [1.82, 2.24) is 4.98 Å². The van der Waals surface area contributed by atoms with Crippen LogP contribution in [0.3, 0.4) is 0 Å². The molecule has 0 fully saturated rings. The Kier molecular flexibility index (Phi) is 6.22. The summed E-state index contributed by atoms with van der Waals surface area (Å²) in [4.78, 5) is 17.5. The molecule has 0 radical (unpaired) electrons. The van der Waals surface area contributed by atoms with Gasteiger partial charge < -0.3 is 10.1 Å². The van der Waals surface area contributed by atoms with Crippen LogP contribution in [0.4, 0.5) is 5.69 Å². The topological polar surface area (TPSA) is 51.2 Å². The Morgan fingerprint density at radius 3 is 2.32 bits per heavy atom. The van der Waals surface area contributed by atoms with Gasteiger partial charge in [-0.15, -0.1) is 0 Å². The van der Waals surface area contributed by atoms with Crippen molar-refractivity contribution >= 4 is 27.5 Å². The Labute approximate surface area is 158 Å². The summed E-state index contributed by atoms with van der Waals surface area (Å²) < 4.78 is 6.69. The van der Waals surface area contributed by atoms with E-state index >= 15 is 0 Å². The largest absolute Gasteiger partial charge is 0.491 e. The van der Waals surface area contributed by atoms with E-state index in [9.17, 15) is 4.79 Å². The number of hydrogen-bond acceptors (Lipinski definition) is 3. The van der Waals surface area contributed by atoms with Gasteiger partial charge in [-0.2, -0.15) is 0 Å². The molecule has 0 bridgehead atoms. The van der Waals surface area contributed by atoms with Crippen molar-refractivity contribution < 1.29 is 9.53 Å². The standard InChI is InChI=1S/C20H25BrN2O2/c1-11(2)10-25-19-16(14(5)22-15(6)17(19)21)20(24)23-18-12(3)8-7-9-13(18)4/h7-9,11H,10H2,1-6H3,(H,23,24). The maximum Gasteiger partial charge on any atom is 0.261 e. The number of para-hydroxylation sites is 1. The molecule has 0 saturated heterocycles. The second-order valence-electron chi connectivity index (χ2n) is 6.73. The monoisotopic (exact) mass is 404 g/mol. The van der Waals surface area contributed by atoms with Gasteiger partial charge in [0.15, 0.2) is 0 Å². The van der Waals surface area contributed by atoms with E-state index in [2.05, 4.69) is 40.1 Å². The zero-order valence-corrected chi connectivity index (χ0v) is 17.2. The van der Waals surface area contributed by atoms with Crippen LogP contribution in [0, 0.1) is 33.6 Å². The van der Waals surface area contributed by atoms with Gasteiger partial charge in [0.1, 0.15) is 11.3 Å². The van der Waals surface area contributed by atoms with E-state index in [4.69, 9.17) is 4.74 Å². The molecule has 1 aromatic carbocycles. The summed E-state index contributed by atoms with van der Waals surface area (Å²) >= 11 is 3.53. The molecular weight excluding hydrogens is 380 g/mol. The molecule has 1 N–H and O–H groups in total. The molecule has 0 atom stereocenters. The van der Waals surface area contributed by atoms with Gasteiger partial charge in [-0.3, -0.25) is 9.78 Å². The van der Waals surface area contributed by atoms with Gasteiger partial charge in [-0.1, -0.05) is 32.0 Å². The Balaban J connectivity index is 2.46. The number of rotatable bonds is 5. The Morgan fingerprint density at radius 1 is 1.16 bits per heavy atom. The van der Waals surface area contributed by atoms with Gasteiger partial charge in [0.2, 0.25) is 0 Å². The quantitative estimate of drug-likeness (QED) is 0.728. The smallest absolute Gasteiger partial charge is 0.261 e. The number of aromatic nitrogens is 1. The lowest BCUT2D eigenvalue weighted by Crippen LogP contribution is -2.19. The molecule has 134 valence electrons. The number of aryl methyl sites for hydroxylation is 4. The molecule has 5 heteroatoms. The normalized spacial score (nSPS) is 10.9. The van der Waals surface area contributed by atoms with E-state index < -0.39 is 0 Å². The number of halogens is 1. The summed E-state index contributed by atoms with van der Waals surface area (Å²) in [6, 6.07) is 5.94. The van der Waals surface area contributed by atoms with E-state index in [0.29, 0.717) is 29.5 Å². The molecule has 2 rings (SSSR count). The summed E-state index contributed by atoms with van der Waals surface area (Å²) in [5.41, 5.74) is 4.81. The number of nitrogens with zero attached hydrogens (tertiary/aromatic N) is 1. The first-order valence-corrected chi connectivity index (χ1v) is 9.18. The van der Waals surface area contributed by atoms with Gasteiger partial charge >= 0.3 is 0 Å². The molecule has 0 unspecified atom stereocenters. The predicted molar refractivity (Wildman–Crippen MR) is 106 cm³/mol. The number of benzene rings is 1. The molecule has 25 heavy (non-hydrogen) atoms. The molecule has 0 aliphatic heterocycles. The Hall–Kier alpha value is -1.88. The number of anilines is 1. The van der Waals surface area contributed by atoms with Crippen molar-refractivity contribution in [2.45, 2.75) is 41.5 Å². The first kappa shape index (κ1) is 19.4. The Morgan fingerprint density at radius 2 is 1.76 bits per heavy atom. The van der Waals surface area contributed by atoms with Crippen molar-refractivity contribution in [1.29, 1.82) is 0 Å². The highest BCUT2D eigenvalue weighted by molar-refractivity contribution is 9.10. The van der Waals surface area contributed by atoms with Crippen molar-refractivity contribution in [3.8, 4) is 5.75 Å². The van der Waals surface area contributed by atoms with Crippen molar-refractivity contribution in [2.75, 3.05) is 11.9 Å². The van der Waals surface area contributed by atoms with E-state index in [-0.39, 0.29) is 5.91 Å². The number of carbonyl (C=O) groups excluding carboxylic acids is 1. The molecule has 0 aliphatic rings. The third-order valence-corrected chi connectivity index (χ3v) is 4.88. The summed E-state index contributed by atoms with van der Waals surface area (Å²) in [5, 5.41) is 3.03. The van der Waals surface area contributed by atoms with E-state index in [1.54, 1.807) is 0 Å². The number of ether oxygens (including phenoxy) is 1. The highest BCUT2D eigenvalue weighted by Crippen LogP contribution is 2.34. The van der Waals surface area contributed by atoms with Crippen LogP contribution in [-0.2, 0) is 0 Å². The fourth-order valence-electron chi connectivity index (χ4n) is 2.64. The highest BCUT2D eigenvalue weighted by Gasteiger charge is 2.23. The maximum absolute atomic E-state index is 13.0. The Bertz CT molecular complexity index is 781. The molecule has 0 aliphatic carbocycles. The minimum absolute atomic E-state index is 0.207. The molecule has 1 amide bonds. The SMILES string of the molecule is Cc1cccc(C)c1NC(=O)c1c(C)nc(C)c(Br)c1OCC(C)C. The average Bonchev–Trinajstić information content (AvgIpc) is 2.52. The fraction of sp³-hybridized carbons (Fsp3) is 0.400. The van der Waals surface area contributed by atoms with Crippen LogP contribution in [0.1, 0.15) is 46.7 Å².